The second-order valence-electron chi connectivity index (χ2n) is 5.86. The molecule has 4 rings (SSSR count). The Balaban J connectivity index is 1.76. The van der Waals surface area contributed by atoms with E-state index in [1.54, 1.807) is 23.0 Å². The Labute approximate surface area is 151 Å². The summed E-state index contributed by atoms with van der Waals surface area (Å²) in [6.07, 6.45) is 1.74. The van der Waals surface area contributed by atoms with E-state index in [2.05, 4.69) is 10.4 Å². The van der Waals surface area contributed by atoms with Crippen LogP contribution in [-0.4, -0.2) is 15.4 Å². The van der Waals surface area contributed by atoms with E-state index in [1.165, 1.54) is 0 Å². The van der Waals surface area contributed by atoms with Crippen molar-refractivity contribution in [2.75, 3.05) is 5.43 Å². The Morgan fingerprint density at radius 2 is 1.35 bits per heavy atom. The standard InChI is InChI=1S/C22H17N3O/c26-21(17-10-4-1-5-11-17)20-16-25(24-19-14-8-3-9-15-19)22(23-20)18-12-6-2-7-13-18/h1-16,24H. The van der Waals surface area contributed by atoms with Crippen molar-refractivity contribution in [1.82, 2.24) is 9.66 Å². The molecule has 1 heterocycles. The van der Waals surface area contributed by atoms with Crippen LogP contribution in [0.3, 0.4) is 0 Å². The summed E-state index contributed by atoms with van der Waals surface area (Å²) in [6.45, 7) is 0. The number of carbonyl (C=O) groups excluding carboxylic acids is 1. The highest BCUT2D eigenvalue weighted by atomic mass is 16.1. The van der Waals surface area contributed by atoms with Crippen LogP contribution in [0.25, 0.3) is 11.4 Å². The van der Waals surface area contributed by atoms with Gasteiger partial charge in [-0.25, -0.2) is 9.66 Å². The van der Waals surface area contributed by atoms with Crippen LogP contribution in [0.1, 0.15) is 16.1 Å². The first kappa shape index (κ1) is 15.8. The molecule has 0 unspecified atom stereocenters. The lowest BCUT2D eigenvalue weighted by Crippen LogP contribution is -2.09. The second-order valence-corrected chi connectivity index (χ2v) is 5.86. The third-order valence-electron chi connectivity index (χ3n) is 4.03. The third-order valence-corrected chi connectivity index (χ3v) is 4.03. The molecule has 4 aromatic rings. The average molecular weight is 339 g/mol. The van der Waals surface area contributed by atoms with Gasteiger partial charge in [0.05, 0.1) is 11.9 Å². The number of carbonyl (C=O) groups is 1. The van der Waals surface area contributed by atoms with E-state index < -0.39 is 0 Å². The maximum atomic E-state index is 12.8. The first-order valence-electron chi connectivity index (χ1n) is 8.38. The Morgan fingerprint density at radius 3 is 2.00 bits per heavy atom. The molecule has 0 amide bonds. The number of para-hydroxylation sites is 1. The molecule has 1 N–H and O–H groups in total. The summed E-state index contributed by atoms with van der Waals surface area (Å²) in [5.74, 6) is 0.588. The quantitative estimate of drug-likeness (QED) is 0.538. The molecular formula is C22H17N3O. The first-order chi connectivity index (χ1) is 12.8. The molecule has 0 atom stereocenters. The van der Waals surface area contributed by atoms with Gasteiger partial charge in [0.2, 0.25) is 5.78 Å². The number of hydrogen-bond donors (Lipinski definition) is 1. The minimum Gasteiger partial charge on any atom is -0.293 e. The van der Waals surface area contributed by atoms with Crippen LogP contribution < -0.4 is 5.43 Å². The van der Waals surface area contributed by atoms with Crippen molar-refractivity contribution in [1.29, 1.82) is 0 Å². The Bertz CT molecular complexity index is 1010. The van der Waals surface area contributed by atoms with Crippen LogP contribution in [-0.2, 0) is 0 Å². The fourth-order valence-corrected chi connectivity index (χ4v) is 2.75. The Hall–Kier alpha value is -3.66. The highest BCUT2D eigenvalue weighted by molar-refractivity contribution is 6.07. The molecule has 0 saturated carbocycles. The Morgan fingerprint density at radius 1 is 0.769 bits per heavy atom. The molecular weight excluding hydrogens is 322 g/mol. The summed E-state index contributed by atoms with van der Waals surface area (Å²) in [4.78, 5) is 17.4. The summed E-state index contributed by atoms with van der Waals surface area (Å²) < 4.78 is 1.79. The van der Waals surface area contributed by atoms with E-state index in [4.69, 9.17) is 0 Å². The van der Waals surface area contributed by atoms with Crippen molar-refractivity contribution >= 4 is 11.5 Å². The van der Waals surface area contributed by atoms with Gasteiger partial charge in [0.15, 0.2) is 5.82 Å². The second kappa shape index (κ2) is 7.07. The van der Waals surface area contributed by atoms with Crippen LogP contribution >= 0.6 is 0 Å². The largest absolute Gasteiger partial charge is 0.293 e. The zero-order valence-corrected chi connectivity index (χ0v) is 14.0. The summed E-state index contributed by atoms with van der Waals surface area (Å²) in [5, 5.41) is 0. The van der Waals surface area contributed by atoms with E-state index in [9.17, 15) is 4.79 Å². The number of nitrogens with zero attached hydrogens (tertiary/aromatic N) is 2. The molecule has 4 heteroatoms. The molecule has 0 aliphatic heterocycles. The van der Waals surface area contributed by atoms with E-state index in [0.29, 0.717) is 17.1 Å². The molecule has 4 nitrogen and oxygen atoms in total. The lowest BCUT2D eigenvalue weighted by Gasteiger charge is -2.10. The highest BCUT2D eigenvalue weighted by Gasteiger charge is 2.17. The molecule has 3 aromatic carbocycles. The van der Waals surface area contributed by atoms with Gasteiger partial charge < -0.3 is 0 Å². The minimum absolute atomic E-state index is 0.101. The molecule has 0 aliphatic rings. The zero-order chi connectivity index (χ0) is 17.8. The summed E-state index contributed by atoms with van der Waals surface area (Å²) in [6, 6.07) is 28.8. The zero-order valence-electron chi connectivity index (χ0n) is 14.0. The van der Waals surface area contributed by atoms with Crippen LogP contribution in [0, 0.1) is 0 Å². The summed E-state index contributed by atoms with van der Waals surface area (Å²) in [7, 11) is 0. The monoisotopic (exact) mass is 339 g/mol. The predicted octanol–water partition coefficient (Wildman–Crippen LogP) is 4.66. The van der Waals surface area contributed by atoms with Gasteiger partial charge in [0, 0.05) is 11.1 Å². The molecule has 26 heavy (non-hydrogen) atoms. The number of anilines is 1. The summed E-state index contributed by atoms with van der Waals surface area (Å²) in [5.41, 5.74) is 6.17. The topological polar surface area (TPSA) is 46.9 Å². The van der Waals surface area contributed by atoms with E-state index in [1.807, 2.05) is 78.9 Å². The molecule has 126 valence electrons. The van der Waals surface area contributed by atoms with Gasteiger partial charge in [-0.3, -0.25) is 10.2 Å². The van der Waals surface area contributed by atoms with Gasteiger partial charge >= 0.3 is 0 Å². The van der Waals surface area contributed by atoms with Crippen molar-refractivity contribution in [2.45, 2.75) is 0 Å². The lowest BCUT2D eigenvalue weighted by atomic mass is 10.1. The SMILES string of the molecule is O=C(c1ccccc1)c1cn(Nc2ccccc2)c(-c2ccccc2)n1. The molecule has 1 aromatic heterocycles. The maximum absolute atomic E-state index is 12.8. The van der Waals surface area contributed by atoms with Crippen molar-refractivity contribution in [3.05, 3.63) is 108 Å². The smallest absolute Gasteiger partial charge is 0.213 e. The number of nitrogens with one attached hydrogen (secondary N) is 1. The van der Waals surface area contributed by atoms with Gasteiger partial charge in [-0.2, -0.15) is 0 Å². The molecule has 0 saturated heterocycles. The maximum Gasteiger partial charge on any atom is 0.213 e. The van der Waals surface area contributed by atoms with E-state index in [-0.39, 0.29) is 5.78 Å². The molecule has 0 bridgehead atoms. The van der Waals surface area contributed by atoms with Gasteiger partial charge in [-0.15, -0.1) is 0 Å². The predicted molar refractivity (Wildman–Crippen MR) is 103 cm³/mol. The molecule has 0 spiro atoms. The number of imidazole rings is 1. The number of rotatable bonds is 5. The van der Waals surface area contributed by atoms with Crippen LogP contribution in [0.4, 0.5) is 5.69 Å². The van der Waals surface area contributed by atoms with Crippen LogP contribution in [0.2, 0.25) is 0 Å². The average Bonchev–Trinajstić information content (AvgIpc) is 3.13. The molecule has 0 radical (unpaired) electrons. The van der Waals surface area contributed by atoms with Crippen molar-refractivity contribution in [3.63, 3.8) is 0 Å². The van der Waals surface area contributed by atoms with Gasteiger partial charge in [-0.1, -0.05) is 78.9 Å². The van der Waals surface area contributed by atoms with Gasteiger partial charge in [-0.05, 0) is 12.1 Å². The molecule has 0 fully saturated rings. The van der Waals surface area contributed by atoms with Crippen molar-refractivity contribution in [3.8, 4) is 11.4 Å². The van der Waals surface area contributed by atoms with Crippen molar-refractivity contribution in [2.24, 2.45) is 0 Å². The fraction of sp³-hybridized carbons (Fsp3) is 0. The summed E-state index contributed by atoms with van der Waals surface area (Å²) >= 11 is 0. The van der Waals surface area contributed by atoms with Gasteiger partial charge in [0.25, 0.3) is 0 Å². The van der Waals surface area contributed by atoms with Gasteiger partial charge in [0.1, 0.15) is 5.69 Å². The molecule has 0 aliphatic carbocycles. The third kappa shape index (κ3) is 3.26. The normalized spacial score (nSPS) is 10.5. The highest BCUT2D eigenvalue weighted by Crippen LogP contribution is 2.21. The first-order valence-corrected chi connectivity index (χ1v) is 8.38. The van der Waals surface area contributed by atoms with E-state index in [0.717, 1.165) is 11.3 Å². The number of hydrogen-bond acceptors (Lipinski definition) is 3. The number of aromatic nitrogens is 2. The van der Waals surface area contributed by atoms with Crippen LogP contribution in [0.15, 0.2) is 97.2 Å². The lowest BCUT2D eigenvalue weighted by molar-refractivity contribution is 0.103. The fourth-order valence-electron chi connectivity index (χ4n) is 2.75. The Kier molecular flexibility index (Phi) is 4.31. The van der Waals surface area contributed by atoms with Crippen LogP contribution in [0.5, 0.6) is 0 Å². The van der Waals surface area contributed by atoms with E-state index >= 15 is 0 Å². The number of benzene rings is 3. The number of ketones is 1. The van der Waals surface area contributed by atoms with Crippen molar-refractivity contribution < 1.29 is 4.79 Å². The minimum atomic E-state index is -0.101.